The van der Waals surface area contributed by atoms with E-state index in [1.807, 2.05) is 37.4 Å². The summed E-state index contributed by atoms with van der Waals surface area (Å²) in [6.07, 6.45) is 0.350. The number of carboxylic acids is 2. The van der Waals surface area contributed by atoms with Crippen molar-refractivity contribution in [3.63, 3.8) is 0 Å². The average molecular weight is 547 g/mol. The van der Waals surface area contributed by atoms with E-state index in [4.69, 9.17) is 16.6 Å². The van der Waals surface area contributed by atoms with Crippen LogP contribution in [0.25, 0.3) is 10.9 Å². The molecule has 2 aromatic rings. The molecule has 1 aromatic carbocycles. The molecule has 0 fully saturated rings. The Labute approximate surface area is 223 Å². The van der Waals surface area contributed by atoms with E-state index in [-0.39, 0.29) is 12.3 Å². The monoisotopic (exact) mass is 546 g/mol. The van der Waals surface area contributed by atoms with Crippen molar-refractivity contribution in [1.82, 2.24) is 20.9 Å². The first-order valence-electron chi connectivity index (χ1n) is 12.2. The Balaban J connectivity index is 2.31. The molecule has 39 heavy (non-hydrogen) atoms. The minimum absolute atomic E-state index is 0.0162. The number of carboxylic acid groups (broad SMARTS) is 2. The van der Waals surface area contributed by atoms with Gasteiger partial charge in [0.15, 0.2) is 0 Å². The maximum absolute atomic E-state index is 13.4. The SMILES string of the molecule is CC(C)CC(N)C(=O)NC(Cc1c[nH]c2ccccc12)C(=O)NC(CC(N)=O)C(=O)NC(CC(=O)O)C(=O)O. The van der Waals surface area contributed by atoms with Crippen LogP contribution in [0.4, 0.5) is 0 Å². The number of benzene rings is 1. The van der Waals surface area contributed by atoms with Gasteiger partial charge in [-0.2, -0.15) is 0 Å². The molecule has 4 atom stereocenters. The van der Waals surface area contributed by atoms with Gasteiger partial charge in [0, 0.05) is 23.5 Å². The fourth-order valence-corrected chi connectivity index (χ4v) is 3.95. The van der Waals surface area contributed by atoms with Crippen LogP contribution in [0.1, 0.15) is 38.7 Å². The van der Waals surface area contributed by atoms with Crippen LogP contribution in [0, 0.1) is 5.92 Å². The van der Waals surface area contributed by atoms with Crippen LogP contribution in [-0.2, 0) is 35.2 Å². The number of hydrogen-bond donors (Lipinski definition) is 8. The zero-order valence-electron chi connectivity index (χ0n) is 21.6. The summed E-state index contributed by atoms with van der Waals surface area (Å²) in [7, 11) is 0. The lowest BCUT2D eigenvalue weighted by Crippen LogP contribution is -2.58. The highest BCUT2D eigenvalue weighted by atomic mass is 16.4. The van der Waals surface area contributed by atoms with E-state index in [0.29, 0.717) is 12.0 Å². The highest BCUT2D eigenvalue weighted by Crippen LogP contribution is 2.19. The van der Waals surface area contributed by atoms with Gasteiger partial charge in [0.1, 0.15) is 18.1 Å². The Kier molecular flexibility index (Phi) is 11.0. The van der Waals surface area contributed by atoms with Crippen molar-refractivity contribution in [2.45, 2.75) is 63.7 Å². The number of aromatic amines is 1. The molecule has 10 N–H and O–H groups in total. The summed E-state index contributed by atoms with van der Waals surface area (Å²) in [5.74, 6) is -6.61. The summed E-state index contributed by atoms with van der Waals surface area (Å²) in [5.41, 5.74) is 12.7. The largest absolute Gasteiger partial charge is 0.481 e. The number of primary amides is 1. The zero-order valence-corrected chi connectivity index (χ0v) is 21.6. The van der Waals surface area contributed by atoms with Gasteiger partial charge >= 0.3 is 11.9 Å². The first-order chi connectivity index (χ1) is 18.3. The van der Waals surface area contributed by atoms with Crippen LogP contribution >= 0.6 is 0 Å². The normalized spacial score (nSPS) is 14.2. The lowest BCUT2D eigenvalue weighted by Gasteiger charge is -2.25. The molecule has 4 unspecified atom stereocenters. The lowest BCUT2D eigenvalue weighted by atomic mass is 10.0. The molecule has 212 valence electrons. The number of carbonyl (C=O) groups excluding carboxylic acids is 4. The quantitative estimate of drug-likeness (QED) is 0.136. The van der Waals surface area contributed by atoms with Gasteiger partial charge in [-0.15, -0.1) is 0 Å². The van der Waals surface area contributed by atoms with Crippen LogP contribution in [-0.4, -0.2) is 74.9 Å². The minimum atomic E-state index is -1.82. The number of fused-ring (bicyclic) bond motifs is 1. The van der Waals surface area contributed by atoms with E-state index >= 15 is 0 Å². The van der Waals surface area contributed by atoms with Crippen molar-refractivity contribution in [3.8, 4) is 0 Å². The third-order valence-electron chi connectivity index (χ3n) is 5.83. The molecular weight excluding hydrogens is 512 g/mol. The van der Waals surface area contributed by atoms with E-state index in [1.54, 1.807) is 12.3 Å². The molecule has 1 aromatic heterocycles. The standard InChI is InChI=1S/C25H34N6O8/c1-12(2)7-15(26)22(35)29-17(8-13-11-28-16-6-4-3-5-14(13)16)23(36)30-18(9-20(27)32)24(37)31-19(25(38)39)10-21(33)34/h3-6,11-12,15,17-19,28H,7-10,26H2,1-2H3,(H2,27,32)(H,29,35)(H,30,36)(H,31,37)(H,33,34)(H,38,39). The predicted octanol–water partition coefficient (Wildman–Crippen LogP) is -1.03. The fourth-order valence-electron chi connectivity index (χ4n) is 3.95. The number of rotatable bonds is 15. The molecule has 0 radical (unpaired) electrons. The maximum Gasteiger partial charge on any atom is 0.326 e. The van der Waals surface area contributed by atoms with Crippen molar-refractivity contribution >= 4 is 46.5 Å². The second-order valence-electron chi connectivity index (χ2n) is 9.59. The van der Waals surface area contributed by atoms with Gasteiger partial charge in [-0.1, -0.05) is 32.0 Å². The van der Waals surface area contributed by atoms with E-state index in [2.05, 4.69) is 15.6 Å². The summed E-state index contributed by atoms with van der Waals surface area (Å²) >= 11 is 0. The minimum Gasteiger partial charge on any atom is -0.481 e. The fraction of sp³-hybridized carbons (Fsp3) is 0.440. The summed E-state index contributed by atoms with van der Waals surface area (Å²) in [5, 5.41) is 25.9. The molecule has 14 nitrogen and oxygen atoms in total. The van der Waals surface area contributed by atoms with Crippen molar-refractivity contribution in [2.75, 3.05) is 0 Å². The molecule has 4 amide bonds. The Morgan fingerprint density at radius 3 is 2.05 bits per heavy atom. The van der Waals surface area contributed by atoms with Crippen LogP contribution in [0.2, 0.25) is 0 Å². The van der Waals surface area contributed by atoms with Crippen molar-refractivity contribution in [3.05, 3.63) is 36.0 Å². The molecule has 0 saturated carbocycles. The molecule has 0 aliphatic rings. The second-order valence-corrected chi connectivity index (χ2v) is 9.59. The van der Waals surface area contributed by atoms with Gasteiger partial charge in [0.25, 0.3) is 0 Å². The molecule has 2 rings (SSSR count). The average Bonchev–Trinajstić information content (AvgIpc) is 3.24. The molecule has 1 heterocycles. The Hall–Kier alpha value is -4.46. The van der Waals surface area contributed by atoms with E-state index in [1.165, 1.54) is 0 Å². The maximum atomic E-state index is 13.4. The van der Waals surface area contributed by atoms with Gasteiger partial charge < -0.3 is 42.6 Å². The van der Waals surface area contributed by atoms with Gasteiger partial charge in [0.05, 0.1) is 18.9 Å². The topological polar surface area (TPSA) is 247 Å². The zero-order chi connectivity index (χ0) is 29.3. The smallest absolute Gasteiger partial charge is 0.326 e. The van der Waals surface area contributed by atoms with Crippen LogP contribution in [0.15, 0.2) is 30.5 Å². The Morgan fingerprint density at radius 2 is 1.46 bits per heavy atom. The van der Waals surface area contributed by atoms with Gasteiger partial charge in [0.2, 0.25) is 23.6 Å². The second kappa shape index (κ2) is 13.9. The third-order valence-corrected chi connectivity index (χ3v) is 5.83. The summed E-state index contributed by atoms with van der Waals surface area (Å²) in [6, 6.07) is 1.65. The molecular formula is C25H34N6O8. The van der Waals surface area contributed by atoms with E-state index < -0.39 is 72.6 Å². The number of nitrogens with two attached hydrogens (primary N) is 2. The van der Waals surface area contributed by atoms with Crippen molar-refractivity contribution in [1.29, 1.82) is 0 Å². The number of H-pyrrole nitrogens is 1. The van der Waals surface area contributed by atoms with Crippen LogP contribution in [0.5, 0.6) is 0 Å². The van der Waals surface area contributed by atoms with E-state index in [9.17, 15) is 33.9 Å². The van der Waals surface area contributed by atoms with Crippen molar-refractivity contribution < 1.29 is 39.0 Å². The number of nitrogens with one attached hydrogen (secondary N) is 4. The van der Waals surface area contributed by atoms with Crippen molar-refractivity contribution in [2.24, 2.45) is 17.4 Å². The van der Waals surface area contributed by atoms with Crippen LogP contribution < -0.4 is 27.4 Å². The van der Waals surface area contributed by atoms with Gasteiger partial charge in [-0.3, -0.25) is 24.0 Å². The number of hydrogen-bond acceptors (Lipinski definition) is 7. The first-order valence-corrected chi connectivity index (χ1v) is 12.2. The predicted molar refractivity (Wildman–Crippen MR) is 139 cm³/mol. The summed E-state index contributed by atoms with van der Waals surface area (Å²) in [6.45, 7) is 3.76. The number of amides is 4. The highest BCUT2D eigenvalue weighted by molar-refractivity contribution is 5.97. The Morgan fingerprint density at radius 1 is 0.872 bits per heavy atom. The third kappa shape index (κ3) is 9.41. The number of aliphatic carboxylic acids is 2. The number of aromatic nitrogens is 1. The summed E-state index contributed by atoms with van der Waals surface area (Å²) < 4.78 is 0. The lowest BCUT2D eigenvalue weighted by molar-refractivity contribution is -0.147. The highest BCUT2D eigenvalue weighted by Gasteiger charge is 2.32. The molecule has 0 aliphatic heterocycles. The first kappa shape index (κ1) is 30.8. The molecule has 0 bridgehead atoms. The molecule has 0 spiro atoms. The van der Waals surface area contributed by atoms with Gasteiger partial charge in [-0.05, 0) is 24.0 Å². The Bertz CT molecular complexity index is 1230. The number of carbonyl (C=O) groups is 6. The van der Waals surface area contributed by atoms with Crippen LogP contribution in [0.3, 0.4) is 0 Å². The number of para-hydroxylation sites is 1. The summed E-state index contributed by atoms with van der Waals surface area (Å²) in [4.78, 5) is 76.0. The van der Waals surface area contributed by atoms with E-state index in [0.717, 1.165) is 10.9 Å². The molecule has 0 aliphatic carbocycles. The molecule has 14 heteroatoms. The van der Waals surface area contributed by atoms with Gasteiger partial charge in [-0.25, -0.2) is 4.79 Å². The molecule has 0 saturated heterocycles.